The molecule has 1 aromatic carbocycles. The summed E-state index contributed by atoms with van der Waals surface area (Å²) in [5, 5.41) is 3.30. The minimum absolute atomic E-state index is 0. The van der Waals surface area contributed by atoms with E-state index in [0.717, 1.165) is 43.7 Å². The number of carbonyl (C=O) groups is 1. The first-order valence-corrected chi connectivity index (χ1v) is 7.42. The van der Waals surface area contributed by atoms with Crippen LogP contribution in [-0.2, 0) is 0 Å². The van der Waals surface area contributed by atoms with Crippen LogP contribution in [0.25, 0.3) is 0 Å². The van der Waals surface area contributed by atoms with Gasteiger partial charge in [0, 0.05) is 44.5 Å². The van der Waals surface area contributed by atoms with Crippen molar-refractivity contribution >= 4 is 36.4 Å². The van der Waals surface area contributed by atoms with Gasteiger partial charge in [0.1, 0.15) is 0 Å². The van der Waals surface area contributed by atoms with E-state index in [1.807, 2.05) is 36.2 Å². The van der Waals surface area contributed by atoms with Gasteiger partial charge in [-0.2, -0.15) is 0 Å². The first kappa shape index (κ1) is 21.0. The zero-order valence-corrected chi connectivity index (χ0v) is 15.2. The van der Waals surface area contributed by atoms with Crippen molar-refractivity contribution in [3.05, 3.63) is 29.8 Å². The van der Waals surface area contributed by atoms with E-state index in [-0.39, 0.29) is 30.7 Å². The average Bonchev–Trinajstić information content (AvgIpc) is 3.00. The third kappa shape index (κ3) is 5.04. The van der Waals surface area contributed by atoms with Gasteiger partial charge in [0.05, 0.1) is 0 Å². The van der Waals surface area contributed by atoms with Crippen LogP contribution in [-0.4, -0.2) is 50.6 Å². The molecule has 0 radical (unpaired) electrons. The Morgan fingerprint density at radius 2 is 1.86 bits per heavy atom. The fourth-order valence-corrected chi connectivity index (χ4v) is 2.66. The molecule has 1 heterocycles. The highest BCUT2D eigenvalue weighted by Crippen LogP contribution is 2.16. The average molecular weight is 348 g/mol. The lowest BCUT2D eigenvalue weighted by molar-refractivity contribution is 0.0744. The lowest BCUT2D eigenvalue weighted by Crippen LogP contribution is -2.38. The molecule has 1 aromatic rings. The summed E-state index contributed by atoms with van der Waals surface area (Å²) in [5.74, 6) is 0.114. The van der Waals surface area contributed by atoms with Crippen molar-refractivity contribution in [2.75, 3.05) is 38.6 Å². The number of hydrogen-bond donors (Lipinski definition) is 1. The number of nitrogens with zero attached hydrogens (tertiary/aromatic N) is 2. The van der Waals surface area contributed by atoms with E-state index in [1.165, 1.54) is 0 Å². The van der Waals surface area contributed by atoms with Gasteiger partial charge in [0.15, 0.2) is 0 Å². The third-order valence-electron chi connectivity index (χ3n) is 4.02. The maximum atomic E-state index is 12.4. The summed E-state index contributed by atoms with van der Waals surface area (Å²) in [7, 11) is 3.98. The maximum absolute atomic E-state index is 12.4. The normalized spacial score (nSPS) is 16.4. The molecule has 2 rings (SSSR count). The molecule has 1 fully saturated rings. The standard InChI is InChI=1S/C16H25N3O.2ClH/c1-4-11-18(2)14-7-5-13(6-8-14)16(20)19(3)15-9-10-17-12-15;;/h5-8,15,17H,4,9-12H2,1-3H3;2*1H. The molecule has 1 amide bonds. The molecule has 0 aliphatic carbocycles. The first-order valence-electron chi connectivity index (χ1n) is 7.42. The summed E-state index contributed by atoms with van der Waals surface area (Å²) in [5.41, 5.74) is 1.93. The molecular weight excluding hydrogens is 321 g/mol. The lowest BCUT2D eigenvalue weighted by Gasteiger charge is -2.24. The predicted octanol–water partition coefficient (Wildman–Crippen LogP) is 2.81. The number of nitrogens with one attached hydrogen (secondary N) is 1. The van der Waals surface area contributed by atoms with Gasteiger partial charge in [0.2, 0.25) is 0 Å². The van der Waals surface area contributed by atoms with Crippen LogP contribution in [0.2, 0.25) is 0 Å². The molecule has 0 saturated carbocycles. The van der Waals surface area contributed by atoms with E-state index >= 15 is 0 Å². The second kappa shape index (κ2) is 9.93. The quantitative estimate of drug-likeness (QED) is 0.889. The molecular formula is C16H27Cl2N3O. The van der Waals surface area contributed by atoms with Gasteiger partial charge in [-0.05, 0) is 43.7 Å². The van der Waals surface area contributed by atoms with Crippen LogP contribution < -0.4 is 10.2 Å². The van der Waals surface area contributed by atoms with Crippen molar-refractivity contribution in [2.24, 2.45) is 0 Å². The number of benzene rings is 1. The topological polar surface area (TPSA) is 35.6 Å². The van der Waals surface area contributed by atoms with Crippen molar-refractivity contribution in [2.45, 2.75) is 25.8 Å². The summed E-state index contributed by atoms with van der Waals surface area (Å²) < 4.78 is 0. The van der Waals surface area contributed by atoms with Crippen LogP contribution >= 0.6 is 24.8 Å². The summed E-state index contributed by atoms with van der Waals surface area (Å²) in [6.07, 6.45) is 2.16. The van der Waals surface area contributed by atoms with Crippen molar-refractivity contribution in [1.82, 2.24) is 10.2 Å². The van der Waals surface area contributed by atoms with Gasteiger partial charge < -0.3 is 15.1 Å². The molecule has 1 atom stereocenters. The van der Waals surface area contributed by atoms with Crippen molar-refractivity contribution < 1.29 is 4.79 Å². The lowest BCUT2D eigenvalue weighted by atomic mass is 10.1. The summed E-state index contributed by atoms with van der Waals surface area (Å²) in [4.78, 5) is 16.5. The fraction of sp³-hybridized carbons (Fsp3) is 0.562. The Morgan fingerprint density at radius 3 is 2.36 bits per heavy atom. The predicted molar refractivity (Wildman–Crippen MR) is 97.9 cm³/mol. The van der Waals surface area contributed by atoms with Crippen LogP contribution in [0, 0.1) is 0 Å². The minimum Gasteiger partial charge on any atom is -0.375 e. The van der Waals surface area contributed by atoms with E-state index in [4.69, 9.17) is 0 Å². The molecule has 1 N–H and O–H groups in total. The Balaban J connectivity index is 0.00000220. The van der Waals surface area contributed by atoms with Crippen LogP contribution in [0.15, 0.2) is 24.3 Å². The second-order valence-corrected chi connectivity index (χ2v) is 5.53. The van der Waals surface area contributed by atoms with Gasteiger partial charge in [0.25, 0.3) is 5.91 Å². The van der Waals surface area contributed by atoms with Crippen molar-refractivity contribution in [3.8, 4) is 0 Å². The second-order valence-electron chi connectivity index (χ2n) is 5.53. The van der Waals surface area contributed by atoms with Crippen LogP contribution in [0.4, 0.5) is 5.69 Å². The van der Waals surface area contributed by atoms with Crippen LogP contribution in [0.3, 0.4) is 0 Å². The third-order valence-corrected chi connectivity index (χ3v) is 4.02. The van der Waals surface area contributed by atoms with E-state index in [0.29, 0.717) is 6.04 Å². The van der Waals surface area contributed by atoms with Crippen LogP contribution in [0.5, 0.6) is 0 Å². The molecule has 126 valence electrons. The Labute approximate surface area is 146 Å². The van der Waals surface area contributed by atoms with E-state index in [1.54, 1.807) is 0 Å². The highest BCUT2D eigenvalue weighted by Gasteiger charge is 2.23. The van der Waals surface area contributed by atoms with Crippen LogP contribution in [0.1, 0.15) is 30.1 Å². The van der Waals surface area contributed by atoms with Gasteiger partial charge >= 0.3 is 0 Å². The highest BCUT2D eigenvalue weighted by atomic mass is 35.5. The molecule has 1 saturated heterocycles. The highest BCUT2D eigenvalue weighted by molar-refractivity contribution is 5.94. The summed E-state index contributed by atoms with van der Waals surface area (Å²) in [6, 6.07) is 8.25. The van der Waals surface area contributed by atoms with Crippen molar-refractivity contribution in [3.63, 3.8) is 0 Å². The molecule has 0 aromatic heterocycles. The van der Waals surface area contributed by atoms with E-state index < -0.39 is 0 Å². The Bertz CT molecular complexity index is 447. The number of halogens is 2. The molecule has 1 aliphatic heterocycles. The zero-order chi connectivity index (χ0) is 14.5. The Kier molecular flexibility index (Phi) is 9.49. The number of amides is 1. The summed E-state index contributed by atoms with van der Waals surface area (Å²) in [6.45, 7) is 5.10. The monoisotopic (exact) mass is 347 g/mol. The number of anilines is 1. The molecule has 1 unspecified atom stereocenters. The number of rotatable bonds is 5. The Morgan fingerprint density at radius 1 is 1.23 bits per heavy atom. The first-order chi connectivity index (χ1) is 9.63. The van der Waals surface area contributed by atoms with Gasteiger partial charge in [-0.1, -0.05) is 6.92 Å². The van der Waals surface area contributed by atoms with Crippen molar-refractivity contribution in [1.29, 1.82) is 0 Å². The summed E-state index contributed by atoms with van der Waals surface area (Å²) >= 11 is 0. The SMILES string of the molecule is CCCN(C)c1ccc(C(=O)N(C)C2CCNC2)cc1.Cl.Cl. The molecule has 6 heteroatoms. The van der Waals surface area contributed by atoms with E-state index in [2.05, 4.69) is 24.2 Å². The van der Waals surface area contributed by atoms with Gasteiger partial charge in [-0.15, -0.1) is 24.8 Å². The molecule has 0 bridgehead atoms. The largest absolute Gasteiger partial charge is 0.375 e. The smallest absolute Gasteiger partial charge is 0.253 e. The maximum Gasteiger partial charge on any atom is 0.253 e. The fourth-order valence-electron chi connectivity index (χ4n) is 2.66. The number of likely N-dealkylation sites (N-methyl/N-ethyl adjacent to an activating group) is 1. The van der Waals surface area contributed by atoms with E-state index in [9.17, 15) is 4.79 Å². The number of carbonyl (C=O) groups excluding carboxylic acids is 1. The molecule has 22 heavy (non-hydrogen) atoms. The molecule has 4 nitrogen and oxygen atoms in total. The Hall–Kier alpha value is -0.970. The van der Waals surface area contributed by atoms with Gasteiger partial charge in [-0.25, -0.2) is 0 Å². The zero-order valence-electron chi connectivity index (χ0n) is 13.5. The molecule has 0 spiro atoms. The van der Waals surface area contributed by atoms with Gasteiger partial charge in [-0.3, -0.25) is 4.79 Å². The number of hydrogen-bond acceptors (Lipinski definition) is 3. The minimum atomic E-state index is 0. The molecule has 1 aliphatic rings.